The molecule has 0 amide bonds. The molecule has 0 saturated heterocycles. The minimum absolute atomic E-state index is 0.0648. The van der Waals surface area contributed by atoms with Crippen molar-refractivity contribution in [2.24, 2.45) is 0 Å². The Labute approximate surface area is 125 Å². The molecule has 0 spiro atoms. The number of rotatable bonds is 8. The number of carbonyl (C=O) groups excluding carboxylic acids is 1. The second-order valence-corrected chi connectivity index (χ2v) is 4.87. The van der Waals surface area contributed by atoms with E-state index in [1.807, 2.05) is 6.92 Å². The Bertz CT molecular complexity index is 465. The average Bonchev–Trinajstić information content (AvgIpc) is 2.46. The van der Waals surface area contributed by atoms with Gasteiger partial charge in [0.15, 0.2) is 6.10 Å². The molecule has 118 valence electrons. The van der Waals surface area contributed by atoms with Gasteiger partial charge >= 0.3 is 5.97 Å². The van der Waals surface area contributed by atoms with Crippen LogP contribution < -0.4 is 10.1 Å². The normalized spacial score (nSPS) is 13.6. The summed E-state index contributed by atoms with van der Waals surface area (Å²) >= 11 is 0. The smallest absolute Gasteiger partial charge is 0.347 e. The monoisotopic (exact) mass is 297 g/mol. The lowest BCUT2D eigenvalue weighted by molar-refractivity contribution is -0.150. The average molecular weight is 297 g/mol. The number of carbonyl (C=O) groups is 1. The molecule has 0 radical (unpaired) electrons. The second-order valence-electron chi connectivity index (χ2n) is 4.87. The molecule has 0 aliphatic heterocycles. The van der Waals surface area contributed by atoms with Crippen LogP contribution in [0.1, 0.15) is 45.7 Å². The molecule has 1 N–H and O–H groups in total. The van der Waals surface area contributed by atoms with Gasteiger partial charge in [0, 0.05) is 11.6 Å². The number of hydrogen-bond donors (Lipinski definition) is 1. The van der Waals surface area contributed by atoms with Crippen LogP contribution in [0.5, 0.6) is 5.75 Å². The third kappa shape index (κ3) is 5.34. The first kappa shape index (κ1) is 17.4. The molecule has 5 heteroatoms. The van der Waals surface area contributed by atoms with Crippen LogP contribution in [-0.2, 0) is 9.53 Å². The van der Waals surface area contributed by atoms with Crippen LogP contribution in [0, 0.1) is 5.82 Å². The zero-order chi connectivity index (χ0) is 15.8. The SMILES string of the molecule is CCCNC(C)c1cc(F)ccc1OC(C)C(=O)OCC. The fourth-order valence-electron chi connectivity index (χ4n) is 1.93. The number of halogens is 1. The van der Waals surface area contributed by atoms with Gasteiger partial charge in [-0.3, -0.25) is 0 Å². The van der Waals surface area contributed by atoms with Crippen molar-refractivity contribution in [1.82, 2.24) is 5.32 Å². The summed E-state index contributed by atoms with van der Waals surface area (Å²) in [6.07, 6.45) is 0.252. The second kappa shape index (κ2) is 8.62. The van der Waals surface area contributed by atoms with Gasteiger partial charge in [0.05, 0.1) is 6.61 Å². The summed E-state index contributed by atoms with van der Waals surface area (Å²) in [5.41, 5.74) is 0.694. The van der Waals surface area contributed by atoms with E-state index in [2.05, 4.69) is 12.2 Å². The lowest BCUT2D eigenvalue weighted by Gasteiger charge is -2.20. The van der Waals surface area contributed by atoms with E-state index in [-0.39, 0.29) is 11.9 Å². The number of ether oxygens (including phenoxy) is 2. The van der Waals surface area contributed by atoms with Gasteiger partial charge in [-0.1, -0.05) is 6.92 Å². The highest BCUT2D eigenvalue weighted by atomic mass is 19.1. The summed E-state index contributed by atoms with van der Waals surface area (Å²) in [6.45, 7) is 8.49. The van der Waals surface area contributed by atoms with E-state index in [1.54, 1.807) is 19.9 Å². The summed E-state index contributed by atoms with van der Waals surface area (Å²) in [5, 5.41) is 3.28. The van der Waals surface area contributed by atoms with E-state index in [1.165, 1.54) is 12.1 Å². The Morgan fingerprint density at radius 2 is 2.05 bits per heavy atom. The Hall–Kier alpha value is -1.62. The molecule has 1 aromatic carbocycles. The summed E-state index contributed by atoms with van der Waals surface area (Å²) in [7, 11) is 0. The fourth-order valence-corrected chi connectivity index (χ4v) is 1.93. The minimum atomic E-state index is -0.729. The molecule has 1 rings (SSSR count). The van der Waals surface area contributed by atoms with Crippen molar-refractivity contribution < 1.29 is 18.7 Å². The van der Waals surface area contributed by atoms with Gasteiger partial charge in [-0.05, 0) is 51.9 Å². The van der Waals surface area contributed by atoms with Crippen molar-refractivity contribution in [3.8, 4) is 5.75 Å². The summed E-state index contributed by atoms with van der Waals surface area (Å²) in [5.74, 6) is -0.263. The molecule has 1 aromatic rings. The van der Waals surface area contributed by atoms with Gasteiger partial charge in [-0.15, -0.1) is 0 Å². The van der Waals surface area contributed by atoms with Gasteiger partial charge in [0.25, 0.3) is 0 Å². The fraction of sp³-hybridized carbons (Fsp3) is 0.562. The van der Waals surface area contributed by atoms with E-state index in [9.17, 15) is 9.18 Å². The number of benzene rings is 1. The first-order valence-corrected chi connectivity index (χ1v) is 7.35. The lowest BCUT2D eigenvalue weighted by Crippen LogP contribution is -2.27. The summed E-state index contributed by atoms with van der Waals surface area (Å²) < 4.78 is 24.0. The van der Waals surface area contributed by atoms with Gasteiger partial charge < -0.3 is 14.8 Å². The molecule has 4 nitrogen and oxygen atoms in total. The highest BCUT2D eigenvalue weighted by Gasteiger charge is 2.19. The lowest BCUT2D eigenvalue weighted by atomic mass is 10.1. The molecular weight excluding hydrogens is 273 g/mol. The zero-order valence-electron chi connectivity index (χ0n) is 13.1. The predicted octanol–water partition coefficient (Wildman–Crippen LogP) is 3.22. The van der Waals surface area contributed by atoms with Crippen LogP contribution in [0.25, 0.3) is 0 Å². The molecule has 0 bridgehead atoms. The molecule has 0 heterocycles. The quantitative estimate of drug-likeness (QED) is 0.748. The highest BCUT2D eigenvalue weighted by molar-refractivity contribution is 5.74. The Morgan fingerprint density at radius 3 is 2.67 bits per heavy atom. The van der Waals surface area contributed by atoms with Crippen molar-refractivity contribution in [2.45, 2.75) is 46.3 Å². The predicted molar refractivity (Wildman–Crippen MR) is 79.8 cm³/mol. The van der Waals surface area contributed by atoms with Crippen molar-refractivity contribution in [2.75, 3.05) is 13.2 Å². The number of esters is 1. The first-order valence-electron chi connectivity index (χ1n) is 7.35. The zero-order valence-corrected chi connectivity index (χ0v) is 13.1. The van der Waals surface area contributed by atoms with Gasteiger partial charge in [-0.2, -0.15) is 0 Å². The maximum Gasteiger partial charge on any atom is 0.347 e. The van der Waals surface area contributed by atoms with Crippen molar-refractivity contribution in [1.29, 1.82) is 0 Å². The Balaban J connectivity index is 2.88. The van der Waals surface area contributed by atoms with Crippen LogP contribution in [0.3, 0.4) is 0 Å². The third-order valence-corrected chi connectivity index (χ3v) is 3.06. The molecule has 2 atom stereocenters. The molecule has 0 saturated carbocycles. The van der Waals surface area contributed by atoms with Crippen LogP contribution in [0.4, 0.5) is 4.39 Å². The Kier molecular flexibility index (Phi) is 7.15. The largest absolute Gasteiger partial charge is 0.479 e. The number of nitrogens with one attached hydrogen (secondary N) is 1. The maximum atomic E-state index is 13.5. The van der Waals surface area contributed by atoms with E-state index in [0.717, 1.165) is 13.0 Å². The van der Waals surface area contributed by atoms with Crippen LogP contribution >= 0.6 is 0 Å². The molecule has 0 aliphatic rings. The number of hydrogen-bond acceptors (Lipinski definition) is 4. The van der Waals surface area contributed by atoms with Crippen LogP contribution in [0.15, 0.2) is 18.2 Å². The van der Waals surface area contributed by atoms with E-state index < -0.39 is 12.1 Å². The van der Waals surface area contributed by atoms with E-state index in [0.29, 0.717) is 17.9 Å². The standard InChI is InChI=1S/C16H24FNO3/c1-5-9-18-11(3)14-10-13(17)7-8-15(14)21-12(4)16(19)20-6-2/h7-8,10-12,18H,5-6,9H2,1-4H3. The van der Waals surface area contributed by atoms with Gasteiger partial charge in [0.2, 0.25) is 0 Å². The maximum absolute atomic E-state index is 13.5. The third-order valence-electron chi connectivity index (χ3n) is 3.06. The molecule has 0 aliphatic carbocycles. The van der Waals surface area contributed by atoms with E-state index in [4.69, 9.17) is 9.47 Å². The molecule has 21 heavy (non-hydrogen) atoms. The van der Waals surface area contributed by atoms with Gasteiger partial charge in [-0.25, -0.2) is 9.18 Å². The van der Waals surface area contributed by atoms with Crippen molar-refractivity contribution in [3.63, 3.8) is 0 Å². The van der Waals surface area contributed by atoms with Crippen LogP contribution in [-0.4, -0.2) is 25.2 Å². The Morgan fingerprint density at radius 1 is 1.33 bits per heavy atom. The topological polar surface area (TPSA) is 47.6 Å². The molecular formula is C16H24FNO3. The van der Waals surface area contributed by atoms with Gasteiger partial charge in [0.1, 0.15) is 11.6 Å². The highest BCUT2D eigenvalue weighted by Crippen LogP contribution is 2.27. The summed E-state index contributed by atoms with van der Waals surface area (Å²) in [4.78, 5) is 11.6. The minimum Gasteiger partial charge on any atom is -0.479 e. The van der Waals surface area contributed by atoms with Crippen LogP contribution in [0.2, 0.25) is 0 Å². The molecule has 2 unspecified atom stereocenters. The van der Waals surface area contributed by atoms with Crippen molar-refractivity contribution in [3.05, 3.63) is 29.6 Å². The first-order chi connectivity index (χ1) is 9.99. The van der Waals surface area contributed by atoms with E-state index >= 15 is 0 Å². The molecule has 0 aromatic heterocycles. The van der Waals surface area contributed by atoms with Crippen molar-refractivity contribution >= 4 is 5.97 Å². The molecule has 0 fully saturated rings. The summed E-state index contributed by atoms with van der Waals surface area (Å²) in [6, 6.07) is 4.24.